The van der Waals surface area contributed by atoms with E-state index >= 15 is 0 Å². The highest BCUT2D eigenvalue weighted by atomic mass is 16.2. The lowest BCUT2D eigenvalue weighted by molar-refractivity contribution is -0.133. The van der Waals surface area contributed by atoms with E-state index in [1.807, 2.05) is 30.3 Å². The maximum atomic E-state index is 12.6. The van der Waals surface area contributed by atoms with E-state index < -0.39 is 6.04 Å². The lowest BCUT2D eigenvalue weighted by Crippen LogP contribution is -2.41. The molecular formula is C19H17N3O2. The minimum absolute atomic E-state index is 0.0208. The summed E-state index contributed by atoms with van der Waals surface area (Å²) in [6.45, 7) is 0.414. The van der Waals surface area contributed by atoms with Crippen LogP contribution in [-0.2, 0) is 16.1 Å². The first-order chi connectivity index (χ1) is 11.7. The molecule has 2 amide bonds. The SMILES string of the molecule is N#Cc1ccccc1NC(=O)C1CCC(=O)N1Cc1ccccc1. The minimum Gasteiger partial charge on any atom is -0.326 e. The Kier molecular flexibility index (Phi) is 4.57. The molecule has 1 atom stereocenters. The van der Waals surface area contributed by atoms with E-state index in [2.05, 4.69) is 11.4 Å². The second-order valence-corrected chi connectivity index (χ2v) is 5.71. The van der Waals surface area contributed by atoms with Crippen molar-refractivity contribution in [2.24, 2.45) is 0 Å². The third-order valence-electron chi connectivity index (χ3n) is 4.13. The van der Waals surface area contributed by atoms with Crippen LogP contribution >= 0.6 is 0 Å². The van der Waals surface area contributed by atoms with Gasteiger partial charge < -0.3 is 10.2 Å². The maximum Gasteiger partial charge on any atom is 0.247 e. The number of hydrogen-bond donors (Lipinski definition) is 1. The van der Waals surface area contributed by atoms with Gasteiger partial charge in [0.05, 0.1) is 11.3 Å². The van der Waals surface area contributed by atoms with Crippen LogP contribution in [-0.4, -0.2) is 22.8 Å². The Labute approximate surface area is 140 Å². The van der Waals surface area contributed by atoms with Crippen LogP contribution < -0.4 is 5.32 Å². The van der Waals surface area contributed by atoms with Crippen LogP contribution in [0.5, 0.6) is 0 Å². The molecule has 120 valence electrons. The molecule has 24 heavy (non-hydrogen) atoms. The Balaban J connectivity index is 1.76. The Bertz CT molecular complexity index is 796. The first-order valence-electron chi connectivity index (χ1n) is 7.82. The monoisotopic (exact) mass is 319 g/mol. The number of anilines is 1. The molecule has 1 heterocycles. The number of carbonyl (C=O) groups is 2. The van der Waals surface area contributed by atoms with Gasteiger partial charge in [-0.1, -0.05) is 42.5 Å². The zero-order valence-electron chi connectivity index (χ0n) is 13.1. The second-order valence-electron chi connectivity index (χ2n) is 5.71. The van der Waals surface area contributed by atoms with Crippen molar-refractivity contribution in [2.45, 2.75) is 25.4 Å². The van der Waals surface area contributed by atoms with Crippen LogP contribution in [0, 0.1) is 11.3 Å². The van der Waals surface area contributed by atoms with Crippen LogP contribution in [0.15, 0.2) is 54.6 Å². The predicted octanol–water partition coefficient (Wildman–Crippen LogP) is 2.69. The zero-order chi connectivity index (χ0) is 16.9. The van der Waals surface area contributed by atoms with Gasteiger partial charge in [-0.2, -0.15) is 5.26 Å². The summed E-state index contributed by atoms with van der Waals surface area (Å²) in [4.78, 5) is 26.4. The average Bonchev–Trinajstić information content (AvgIpc) is 2.97. The molecule has 1 unspecified atom stereocenters. The number of nitrogens with one attached hydrogen (secondary N) is 1. The lowest BCUT2D eigenvalue weighted by Gasteiger charge is -2.24. The first-order valence-corrected chi connectivity index (χ1v) is 7.82. The highest BCUT2D eigenvalue weighted by molar-refractivity contribution is 5.99. The number of benzene rings is 2. The van der Waals surface area contributed by atoms with Crippen molar-refractivity contribution in [2.75, 3.05) is 5.32 Å². The van der Waals surface area contributed by atoms with Gasteiger partial charge in [-0.3, -0.25) is 9.59 Å². The number of nitriles is 1. The number of hydrogen-bond acceptors (Lipinski definition) is 3. The fourth-order valence-corrected chi connectivity index (χ4v) is 2.89. The Hall–Kier alpha value is -3.13. The highest BCUT2D eigenvalue weighted by Crippen LogP contribution is 2.23. The van der Waals surface area contributed by atoms with E-state index in [-0.39, 0.29) is 11.8 Å². The van der Waals surface area contributed by atoms with Gasteiger partial charge in [-0.25, -0.2) is 0 Å². The van der Waals surface area contributed by atoms with Gasteiger partial charge >= 0.3 is 0 Å². The summed E-state index contributed by atoms with van der Waals surface area (Å²) in [5.41, 5.74) is 1.87. The van der Waals surface area contributed by atoms with E-state index in [0.29, 0.717) is 30.6 Å². The topological polar surface area (TPSA) is 73.2 Å². The van der Waals surface area contributed by atoms with E-state index in [1.165, 1.54) is 0 Å². The summed E-state index contributed by atoms with van der Waals surface area (Å²) in [6.07, 6.45) is 0.858. The van der Waals surface area contributed by atoms with E-state index in [4.69, 9.17) is 5.26 Å². The van der Waals surface area contributed by atoms with Crippen LogP contribution in [0.2, 0.25) is 0 Å². The average molecular weight is 319 g/mol. The first kappa shape index (κ1) is 15.8. The van der Waals surface area contributed by atoms with Gasteiger partial charge in [0.25, 0.3) is 0 Å². The molecule has 0 aromatic heterocycles. The van der Waals surface area contributed by atoms with Crippen molar-refractivity contribution in [1.29, 1.82) is 5.26 Å². The van der Waals surface area contributed by atoms with Gasteiger partial charge in [0, 0.05) is 13.0 Å². The quantitative estimate of drug-likeness (QED) is 0.941. The molecule has 3 rings (SSSR count). The Morgan fingerprint density at radius 3 is 2.62 bits per heavy atom. The number of likely N-dealkylation sites (tertiary alicyclic amines) is 1. The summed E-state index contributed by atoms with van der Waals surface area (Å²) in [5, 5.41) is 11.9. The number of amides is 2. The summed E-state index contributed by atoms with van der Waals surface area (Å²) < 4.78 is 0. The molecule has 1 aliphatic heterocycles. The van der Waals surface area contributed by atoms with E-state index in [9.17, 15) is 9.59 Å². The summed E-state index contributed by atoms with van der Waals surface area (Å²) >= 11 is 0. The zero-order valence-corrected chi connectivity index (χ0v) is 13.1. The fourth-order valence-electron chi connectivity index (χ4n) is 2.89. The van der Waals surface area contributed by atoms with Crippen LogP contribution in [0.1, 0.15) is 24.0 Å². The molecule has 5 nitrogen and oxygen atoms in total. The van der Waals surface area contributed by atoms with Crippen LogP contribution in [0.3, 0.4) is 0 Å². The summed E-state index contributed by atoms with van der Waals surface area (Å²) in [5.74, 6) is -0.271. The second kappa shape index (κ2) is 6.97. The predicted molar refractivity (Wildman–Crippen MR) is 89.8 cm³/mol. The van der Waals surface area contributed by atoms with Crippen LogP contribution in [0.4, 0.5) is 5.69 Å². The third kappa shape index (κ3) is 3.28. The van der Waals surface area contributed by atoms with E-state index in [1.54, 1.807) is 29.2 Å². The molecule has 0 saturated carbocycles. The molecule has 1 saturated heterocycles. The molecule has 1 aliphatic rings. The molecule has 0 aliphatic carbocycles. The number of carbonyl (C=O) groups excluding carboxylic acids is 2. The summed E-state index contributed by atoms with van der Waals surface area (Å²) in [6, 6.07) is 18.0. The van der Waals surface area contributed by atoms with Crippen molar-refractivity contribution in [1.82, 2.24) is 4.90 Å². The van der Waals surface area contributed by atoms with Gasteiger partial charge in [0.1, 0.15) is 12.1 Å². The highest BCUT2D eigenvalue weighted by Gasteiger charge is 2.36. The normalized spacial score (nSPS) is 16.7. The Morgan fingerprint density at radius 2 is 1.88 bits per heavy atom. The molecule has 5 heteroatoms. The minimum atomic E-state index is -0.510. The summed E-state index contributed by atoms with van der Waals surface area (Å²) in [7, 11) is 0. The van der Waals surface area contributed by atoms with Gasteiger partial charge in [-0.05, 0) is 24.1 Å². The van der Waals surface area contributed by atoms with Crippen molar-refractivity contribution >= 4 is 17.5 Å². The molecule has 1 N–H and O–H groups in total. The maximum absolute atomic E-state index is 12.6. The molecule has 0 spiro atoms. The lowest BCUT2D eigenvalue weighted by atomic mass is 10.1. The largest absolute Gasteiger partial charge is 0.326 e. The molecular weight excluding hydrogens is 302 g/mol. The van der Waals surface area contributed by atoms with Gasteiger partial charge in [0.2, 0.25) is 11.8 Å². The number of rotatable bonds is 4. The fraction of sp³-hybridized carbons (Fsp3) is 0.211. The Morgan fingerprint density at radius 1 is 1.17 bits per heavy atom. The van der Waals surface area contributed by atoms with Gasteiger partial charge in [-0.15, -0.1) is 0 Å². The number of para-hydroxylation sites is 1. The van der Waals surface area contributed by atoms with Crippen molar-refractivity contribution in [3.05, 3.63) is 65.7 Å². The van der Waals surface area contributed by atoms with Crippen molar-refractivity contribution in [3.8, 4) is 6.07 Å². The smallest absolute Gasteiger partial charge is 0.247 e. The standard InChI is InChI=1S/C19H17N3O2/c20-12-15-8-4-5-9-16(15)21-19(24)17-10-11-18(23)22(17)13-14-6-2-1-3-7-14/h1-9,17H,10-11,13H2,(H,21,24). The van der Waals surface area contributed by atoms with Crippen molar-refractivity contribution in [3.63, 3.8) is 0 Å². The molecule has 1 fully saturated rings. The van der Waals surface area contributed by atoms with Crippen LogP contribution in [0.25, 0.3) is 0 Å². The molecule has 2 aromatic carbocycles. The van der Waals surface area contributed by atoms with E-state index in [0.717, 1.165) is 5.56 Å². The molecule has 0 bridgehead atoms. The molecule has 0 radical (unpaired) electrons. The third-order valence-corrected chi connectivity index (χ3v) is 4.13. The van der Waals surface area contributed by atoms with Crippen molar-refractivity contribution < 1.29 is 9.59 Å². The van der Waals surface area contributed by atoms with Gasteiger partial charge in [0.15, 0.2) is 0 Å². The number of nitrogens with zero attached hydrogens (tertiary/aromatic N) is 2. The molecule has 2 aromatic rings.